The van der Waals surface area contributed by atoms with E-state index in [0.29, 0.717) is 35.5 Å². The molecule has 6 nitrogen and oxygen atoms in total. The topological polar surface area (TPSA) is 69.2 Å². The molecule has 2 aromatic rings. The Morgan fingerprint density at radius 2 is 1.92 bits per heavy atom. The van der Waals surface area contributed by atoms with Crippen LogP contribution in [0.3, 0.4) is 0 Å². The number of carbonyl (C=O) groups is 1. The molecule has 3 rings (SSSR count). The molecule has 2 aromatic carbocycles. The molecular formula is C17H15ClN2O4. The van der Waals surface area contributed by atoms with Crippen molar-refractivity contribution in [2.75, 3.05) is 19.8 Å². The summed E-state index contributed by atoms with van der Waals surface area (Å²) >= 11 is 5.77. The molecule has 0 saturated heterocycles. The SMILES string of the molecule is O=C(COc1ccc(Cl)cc1)NN=Cc1ccc2c(c1)OCCO2. The summed E-state index contributed by atoms with van der Waals surface area (Å²) in [5.74, 6) is 1.57. The summed E-state index contributed by atoms with van der Waals surface area (Å²) in [4.78, 5) is 11.7. The van der Waals surface area contributed by atoms with E-state index in [4.69, 9.17) is 25.8 Å². The number of carbonyl (C=O) groups excluding carboxylic acids is 1. The highest BCUT2D eigenvalue weighted by Crippen LogP contribution is 2.30. The molecule has 0 atom stereocenters. The Kier molecular flexibility index (Phi) is 5.18. The third kappa shape index (κ3) is 4.39. The van der Waals surface area contributed by atoms with Crippen molar-refractivity contribution < 1.29 is 19.0 Å². The van der Waals surface area contributed by atoms with Gasteiger partial charge in [0, 0.05) is 5.02 Å². The average Bonchev–Trinajstić information content (AvgIpc) is 2.61. The van der Waals surface area contributed by atoms with Crippen molar-refractivity contribution in [1.29, 1.82) is 0 Å². The zero-order valence-electron chi connectivity index (χ0n) is 12.7. The molecule has 0 spiro atoms. The van der Waals surface area contributed by atoms with Gasteiger partial charge in [0.05, 0.1) is 6.21 Å². The zero-order chi connectivity index (χ0) is 16.8. The van der Waals surface area contributed by atoms with E-state index >= 15 is 0 Å². The van der Waals surface area contributed by atoms with Gasteiger partial charge in [-0.2, -0.15) is 5.10 Å². The van der Waals surface area contributed by atoms with Crippen LogP contribution in [0.15, 0.2) is 47.6 Å². The minimum absolute atomic E-state index is 0.139. The number of fused-ring (bicyclic) bond motifs is 1. The number of nitrogens with one attached hydrogen (secondary N) is 1. The van der Waals surface area contributed by atoms with Crippen molar-refractivity contribution in [2.24, 2.45) is 5.10 Å². The third-order valence-electron chi connectivity index (χ3n) is 3.15. The molecule has 0 unspecified atom stereocenters. The van der Waals surface area contributed by atoms with Crippen molar-refractivity contribution in [1.82, 2.24) is 5.43 Å². The van der Waals surface area contributed by atoms with Gasteiger partial charge in [-0.3, -0.25) is 4.79 Å². The summed E-state index contributed by atoms with van der Waals surface area (Å²) in [5, 5.41) is 4.50. The molecule has 1 heterocycles. The Labute approximate surface area is 144 Å². The van der Waals surface area contributed by atoms with Crippen LogP contribution >= 0.6 is 11.6 Å². The van der Waals surface area contributed by atoms with Gasteiger partial charge in [-0.25, -0.2) is 5.43 Å². The highest BCUT2D eigenvalue weighted by molar-refractivity contribution is 6.30. The van der Waals surface area contributed by atoms with Crippen LogP contribution in [0, 0.1) is 0 Å². The summed E-state index contributed by atoms with van der Waals surface area (Å²) in [5.41, 5.74) is 3.19. The Morgan fingerprint density at radius 1 is 1.17 bits per heavy atom. The number of ether oxygens (including phenoxy) is 3. The first-order chi connectivity index (χ1) is 11.7. The lowest BCUT2D eigenvalue weighted by Crippen LogP contribution is -2.24. The van der Waals surface area contributed by atoms with Gasteiger partial charge in [-0.15, -0.1) is 0 Å². The summed E-state index contributed by atoms with van der Waals surface area (Å²) in [6, 6.07) is 12.2. The van der Waals surface area contributed by atoms with Gasteiger partial charge in [0.2, 0.25) is 0 Å². The van der Waals surface area contributed by atoms with E-state index in [9.17, 15) is 4.79 Å². The first-order valence-corrected chi connectivity index (χ1v) is 7.68. The van der Waals surface area contributed by atoms with Gasteiger partial charge in [-0.05, 0) is 48.0 Å². The van der Waals surface area contributed by atoms with Gasteiger partial charge in [-0.1, -0.05) is 11.6 Å². The number of halogens is 1. The highest BCUT2D eigenvalue weighted by atomic mass is 35.5. The molecule has 0 fully saturated rings. The molecule has 24 heavy (non-hydrogen) atoms. The first-order valence-electron chi connectivity index (χ1n) is 7.30. The molecule has 7 heteroatoms. The molecular weight excluding hydrogens is 332 g/mol. The van der Waals surface area contributed by atoms with Crippen LogP contribution < -0.4 is 19.6 Å². The van der Waals surface area contributed by atoms with Crippen molar-refractivity contribution in [3.8, 4) is 17.2 Å². The Morgan fingerprint density at radius 3 is 2.71 bits per heavy atom. The minimum atomic E-state index is -0.362. The molecule has 1 aliphatic rings. The van der Waals surface area contributed by atoms with Crippen LogP contribution in [0.25, 0.3) is 0 Å². The van der Waals surface area contributed by atoms with Gasteiger partial charge < -0.3 is 14.2 Å². The van der Waals surface area contributed by atoms with Crippen molar-refractivity contribution >= 4 is 23.7 Å². The van der Waals surface area contributed by atoms with Gasteiger partial charge in [0.1, 0.15) is 19.0 Å². The van der Waals surface area contributed by atoms with Gasteiger partial charge in [0.25, 0.3) is 5.91 Å². The molecule has 124 valence electrons. The fourth-order valence-corrected chi connectivity index (χ4v) is 2.16. The van der Waals surface area contributed by atoms with Crippen molar-refractivity contribution in [2.45, 2.75) is 0 Å². The van der Waals surface area contributed by atoms with E-state index in [1.807, 2.05) is 6.07 Å². The van der Waals surface area contributed by atoms with Crippen LogP contribution in [0.1, 0.15) is 5.56 Å². The molecule has 0 aromatic heterocycles. The normalized spacial score (nSPS) is 12.9. The average molecular weight is 347 g/mol. The number of amides is 1. The van der Waals surface area contributed by atoms with Crippen LogP contribution in [0.5, 0.6) is 17.2 Å². The fourth-order valence-electron chi connectivity index (χ4n) is 2.03. The second-order valence-electron chi connectivity index (χ2n) is 4.94. The number of nitrogens with zero attached hydrogens (tertiary/aromatic N) is 1. The van der Waals surface area contributed by atoms with Gasteiger partial charge in [0.15, 0.2) is 18.1 Å². The van der Waals surface area contributed by atoms with E-state index in [2.05, 4.69) is 10.5 Å². The van der Waals surface area contributed by atoms with E-state index < -0.39 is 0 Å². The Hall–Kier alpha value is -2.73. The standard InChI is InChI=1S/C17H15ClN2O4/c18-13-2-4-14(5-3-13)24-11-17(21)20-19-10-12-1-6-15-16(9-12)23-8-7-22-15/h1-6,9-10H,7-8,11H2,(H,20,21). The zero-order valence-corrected chi connectivity index (χ0v) is 13.5. The molecule has 1 amide bonds. The van der Waals surface area contributed by atoms with Crippen LogP contribution in [0.4, 0.5) is 0 Å². The molecule has 0 saturated carbocycles. The smallest absolute Gasteiger partial charge is 0.277 e. The first kappa shape index (κ1) is 16.1. The fraction of sp³-hybridized carbons (Fsp3) is 0.176. The van der Waals surface area contributed by atoms with Crippen LogP contribution in [-0.2, 0) is 4.79 Å². The summed E-state index contributed by atoms with van der Waals surface area (Å²) in [6.45, 7) is 0.927. The number of benzene rings is 2. The number of hydrazone groups is 1. The predicted octanol–water partition coefficient (Wildman–Crippen LogP) is 2.64. The van der Waals surface area contributed by atoms with Crippen LogP contribution in [0.2, 0.25) is 5.02 Å². The Bertz CT molecular complexity index is 747. The minimum Gasteiger partial charge on any atom is -0.486 e. The van der Waals surface area contributed by atoms with Gasteiger partial charge >= 0.3 is 0 Å². The molecule has 1 N–H and O–H groups in total. The van der Waals surface area contributed by atoms with E-state index in [0.717, 1.165) is 5.56 Å². The van der Waals surface area contributed by atoms with Crippen molar-refractivity contribution in [3.63, 3.8) is 0 Å². The van der Waals surface area contributed by atoms with E-state index in [-0.39, 0.29) is 12.5 Å². The second-order valence-corrected chi connectivity index (χ2v) is 5.38. The lowest BCUT2D eigenvalue weighted by atomic mass is 10.2. The van der Waals surface area contributed by atoms with Crippen LogP contribution in [-0.4, -0.2) is 31.9 Å². The number of rotatable bonds is 5. The Balaban J connectivity index is 1.48. The quantitative estimate of drug-likeness (QED) is 0.667. The lowest BCUT2D eigenvalue weighted by Gasteiger charge is -2.18. The maximum absolute atomic E-state index is 11.7. The molecule has 1 aliphatic heterocycles. The monoisotopic (exact) mass is 346 g/mol. The molecule has 0 aliphatic carbocycles. The number of hydrogen-bond donors (Lipinski definition) is 1. The molecule has 0 radical (unpaired) electrons. The summed E-state index contributed by atoms with van der Waals surface area (Å²) in [6.07, 6.45) is 1.53. The maximum Gasteiger partial charge on any atom is 0.277 e. The lowest BCUT2D eigenvalue weighted by molar-refractivity contribution is -0.123. The number of hydrogen-bond acceptors (Lipinski definition) is 5. The largest absolute Gasteiger partial charge is 0.486 e. The summed E-state index contributed by atoms with van der Waals surface area (Å²) in [7, 11) is 0. The van der Waals surface area contributed by atoms with E-state index in [1.165, 1.54) is 6.21 Å². The highest BCUT2D eigenvalue weighted by Gasteiger charge is 2.10. The van der Waals surface area contributed by atoms with Crippen molar-refractivity contribution in [3.05, 3.63) is 53.1 Å². The summed E-state index contributed by atoms with van der Waals surface area (Å²) < 4.78 is 16.2. The third-order valence-corrected chi connectivity index (χ3v) is 3.40. The maximum atomic E-state index is 11.7. The van der Waals surface area contributed by atoms with E-state index in [1.54, 1.807) is 36.4 Å². The molecule has 0 bridgehead atoms. The predicted molar refractivity (Wildman–Crippen MR) is 90.1 cm³/mol. The second kappa shape index (κ2) is 7.70.